The summed E-state index contributed by atoms with van der Waals surface area (Å²) in [5, 5.41) is 14.6. The predicted molar refractivity (Wildman–Crippen MR) is 103 cm³/mol. The lowest BCUT2D eigenvalue weighted by atomic mass is 9.71. The first-order chi connectivity index (χ1) is 12.6. The molecule has 3 nitrogen and oxygen atoms in total. The maximum absolute atomic E-state index is 12.9. The summed E-state index contributed by atoms with van der Waals surface area (Å²) in [7, 11) is 0. The smallest absolute Gasteiger partial charge is 0.251 e. The van der Waals surface area contributed by atoms with Crippen LogP contribution < -0.4 is 5.32 Å². The van der Waals surface area contributed by atoms with Crippen molar-refractivity contribution in [1.29, 1.82) is 5.26 Å². The lowest BCUT2D eigenvalue weighted by molar-refractivity contribution is 0.0823. The molecular formula is C23H20N2O. The summed E-state index contributed by atoms with van der Waals surface area (Å²) in [6, 6.07) is 21.8. The highest BCUT2D eigenvalue weighted by molar-refractivity contribution is 5.99. The van der Waals surface area contributed by atoms with Crippen LogP contribution in [-0.2, 0) is 5.54 Å². The number of nitrogens with zero attached hydrogens (tertiary/aromatic N) is 1. The molecule has 3 aromatic carbocycles. The van der Waals surface area contributed by atoms with Gasteiger partial charge < -0.3 is 5.32 Å². The Morgan fingerprint density at radius 2 is 1.81 bits per heavy atom. The SMILES string of the molecule is Cc1ccc2cc(C(=O)NC3(c4cccc(C#N)c4)CCC3)ccc2c1. The Kier molecular flexibility index (Phi) is 3.97. The van der Waals surface area contributed by atoms with E-state index in [1.165, 1.54) is 5.56 Å². The first-order valence-corrected chi connectivity index (χ1v) is 8.93. The zero-order valence-corrected chi connectivity index (χ0v) is 14.8. The molecule has 1 saturated carbocycles. The van der Waals surface area contributed by atoms with E-state index in [0.717, 1.165) is 35.6 Å². The maximum atomic E-state index is 12.9. The molecule has 3 aromatic rings. The quantitative estimate of drug-likeness (QED) is 0.742. The van der Waals surface area contributed by atoms with E-state index >= 15 is 0 Å². The van der Waals surface area contributed by atoms with Crippen molar-refractivity contribution in [3.05, 3.63) is 82.9 Å². The number of hydrogen-bond donors (Lipinski definition) is 1. The highest BCUT2D eigenvalue weighted by Crippen LogP contribution is 2.41. The zero-order chi connectivity index (χ0) is 18.1. The second-order valence-corrected chi connectivity index (χ2v) is 7.15. The molecule has 1 aliphatic carbocycles. The van der Waals surface area contributed by atoms with Crippen molar-refractivity contribution >= 4 is 16.7 Å². The average molecular weight is 340 g/mol. The Hall–Kier alpha value is -3.12. The Balaban J connectivity index is 1.64. The molecule has 0 aromatic heterocycles. The van der Waals surface area contributed by atoms with Crippen LogP contribution in [0.3, 0.4) is 0 Å². The van der Waals surface area contributed by atoms with Crippen LogP contribution in [0.2, 0.25) is 0 Å². The molecule has 1 fully saturated rings. The Bertz CT molecular complexity index is 1040. The third-order valence-corrected chi connectivity index (χ3v) is 5.36. The van der Waals surface area contributed by atoms with Crippen molar-refractivity contribution in [2.45, 2.75) is 31.7 Å². The monoisotopic (exact) mass is 340 g/mol. The Morgan fingerprint density at radius 3 is 2.54 bits per heavy atom. The van der Waals surface area contributed by atoms with E-state index < -0.39 is 0 Å². The number of carbonyl (C=O) groups excluding carboxylic acids is 1. The van der Waals surface area contributed by atoms with Crippen molar-refractivity contribution < 1.29 is 4.79 Å². The number of carbonyl (C=O) groups is 1. The van der Waals surface area contributed by atoms with Gasteiger partial charge >= 0.3 is 0 Å². The van der Waals surface area contributed by atoms with Gasteiger partial charge in [0.25, 0.3) is 5.91 Å². The predicted octanol–water partition coefficient (Wildman–Crippen LogP) is 4.83. The van der Waals surface area contributed by atoms with Crippen LogP contribution in [0.25, 0.3) is 10.8 Å². The summed E-state index contributed by atoms with van der Waals surface area (Å²) in [4.78, 5) is 12.9. The van der Waals surface area contributed by atoms with E-state index in [0.29, 0.717) is 11.1 Å². The van der Waals surface area contributed by atoms with Crippen molar-refractivity contribution in [3.8, 4) is 6.07 Å². The van der Waals surface area contributed by atoms with Crippen LogP contribution in [0.5, 0.6) is 0 Å². The molecule has 0 aliphatic heterocycles. The lowest BCUT2D eigenvalue weighted by Gasteiger charge is -2.43. The van der Waals surface area contributed by atoms with Gasteiger partial charge in [-0.15, -0.1) is 0 Å². The van der Waals surface area contributed by atoms with E-state index in [-0.39, 0.29) is 11.4 Å². The molecule has 0 unspecified atom stereocenters. The topological polar surface area (TPSA) is 52.9 Å². The third kappa shape index (κ3) is 2.84. The fourth-order valence-electron chi connectivity index (χ4n) is 3.70. The minimum atomic E-state index is -0.355. The van der Waals surface area contributed by atoms with Gasteiger partial charge in [-0.3, -0.25) is 4.79 Å². The van der Waals surface area contributed by atoms with Gasteiger partial charge in [0.15, 0.2) is 0 Å². The molecule has 1 amide bonds. The normalized spacial score (nSPS) is 15.1. The zero-order valence-electron chi connectivity index (χ0n) is 14.8. The molecule has 0 spiro atoms. The molecular weight excluding hydrogens is 320 g/mol. The van der Waals surface area contributed by atoms with Crippen LogP contribution in [0.4, 0.5) is 0 Å². The lowest BCUT2D eigenvalue weighted by Crippen LogP contribution is -2.50. The summed E-state index contributed by atoms with van der Waals surface area (Å²) in [6.07, 6.45) is 2.88. The minimum absolute atomic E-state index is 0.0606. The summed E-state index contributed by atoms with van der Waals surface area (Å²) in [6.45, 7) is 2.07. The maximum Gasteiger partial charge on any atom is 0.251 e. The molecule has 1 N–H and O–H groups in total. The van der Waals surface area contributed by atoms with Crippen LogP contribution in [0.15, 0.2) is 60.7 Å². The van der Waals surface area contributed by atoms with Crippen molar-refractivity contribution in [3.63, 3.8) is 0 Å². The van der Waals surface area contributed by atoms with E-state index in [9.17, 15) is 4.79 Å². The molecule has 0 bridgehead atoms. The standard InChI is InChI=1S/C23H20N2O/c1-16-6-7-19-14-20(9-8-18(19)12-16)22(26)25-23(10-3-11-23)21-5-2-4-17(13-21)15-24/h2,4-9,12-14H,3,10-11H2,1H3,(H,25,26). The highest BCUT2D eigenvalue weighted by Gasteiger charge is 2.40. The van der Waals surface area contributed by atoms with Crippen LogP contribution in [0.1, 0.15) is 46.3 Å². The number of amides is 1. The second kappa shape index (κ2) is 6.31. The van der Waals surface area contributed by atoms with Gasteiger partial charge in [-0.2, -0.15) is 5.26 Å². The van der Waals surface area contributed by atoms with Gasteiger partial charge in [0.1, 0.15) is 0 Å². The molecule has 4 rings (SSSR count). The van der Waals surface area contributed by atoms with E-state index in [1.807, 2.05) is 36.4 Å². The third-order valence-electron chi connectivity index (χ3n) is 5.36. The molecule has 0 saturated heterocycles. The van der Waals surface area contributed by atoms with Gasteiger partial charge in [-0.25, -0.2) is 0 Å². The molecule has 1 aliphatic rings. The van der Waals surface area contributed by atoms with Gasteiger partial charge in [0.05, 0.1) is 17.2 Å². The number of fused-ring (bicyclic) bond motifs is 1. The first kappa shape index (κ1) is 16.4. The van der Waals surface area contributed by atoms with E-state index in [4.69, 9.17) is 5.26 Å². The molecule has 0 atom stereocenters. The molecule has 0 heterocycles. The van der Waals surface area contributed by atoms with E-state index in [1.54, 1.807) is 6.07 Å². The summed E-state index contributed by atoms with van der Waals surface area (Å²) >= 11 is 0. The van der Waals surface area contributed by atoms with Crippen LogP contribution in [0, 0.1) is 18.3 Å². The first-order valence-electron chi connectivity index (χ1n) is 8.93. The number of nitriles is 1. The summed E-state index contributed by atoms with van der Waals surface area (Å²) < 4.78 is 0. The van der Waals surface area contributed by atoms with Gasteiger partial charge in [0.2, 0.25) is 0 Å². The fraction of sp³-hybridized carbons (Fsp3) is 0.217. The van der Waals surface area contributed by atoms with Gasteiger partial charge in [-0.1, -0.05) is 42.0 Å². The van der Waals surface area contributed by atoms with Crippen molar-refractivity contribution in [1.82, 2.24) is 5.32 Å². The van der Waals surface area contributed by atoms with Crippen LogP contribution in [-0.4, -0.2) is 5.91 Å². The fourth-order valence-corrected chi connectivity index (χ4v) is 3.70. The molecule has 128 valence electrons. The molecule has 0 radical (unpaired) electrons. The number of aryl methyl sites for hydroxylation is 1. The highest BCUT2D eigenvalue weighted by atomic mass is 16.1. The Labute approximate surface area is 153 Å². The van der Waals surface area contributed by atoms with Crippen LogP contribution >= 0.6 is 0 Å². The minimum Gasteiger partial charge on any atom is -0.343 e. The number of nitrogens with one attached hydrogen (secondary N) is 1. The molecule has 3 heteroatoms. The van der Waals surface area contributed by atoms with Gasteiger partial charge in [0, 0.05) is 5.56 Å². The number of benzene rings is 3. The summed E-state index contributed by atoms with van der Waals surface area (Å²) in [5.74, 6) is -0.0606. The second-order valence-electron chi connectivity index (χ2n) is 7.15. The van der Waals surface area contributed by atoms with Gasteiger partial charge in [-0.05, 0) is 66.8 Å². The molecule has 26 heavy (non-hydrogen) atoms. The largest absolute Gasteiger partial charge is 0.343 e. The summed E-state index contributed by atoms with van der Waals surface area (Å²) in [5.41, 5.74) is 3.17. The van der Waals surface area contributed by atoms with Crippen molar-refractivity contribution in [2.75, 3.05) is 0 Å². The average Bonchev–Trinajstić information content (AvgIpc) is 2.64. The Morgan fingerprint density at radius 1 is 1.04 bits per heavy atom. The number of rotatable bonds is 3. The van der Waals surface area contributed by atoms with E-state index in [2.05, 4.69) is 36.5 Å². The number of hydrogen-bond acceptors (Lipinski definition) is 2. The van der Waals surface area contributed by atoms with Crippen molar-refractivity contribution in [2.24, 2.45) is 0 Å².